The zero-order valence-corrected chi connectivity index (χ0v) is 14.6. The molecule has 3 nitrogen and oxygen atoms in total. The number of rotatable bonds is 4. The summed E-state index contributed by atoms with van der Waals surface area (Å²) in [5, 5.41) is 0.883. The third-order valence-electron chi connectivity index (χ3n) is 2.36. The van der Waals surface area contributed by atoms with E-state index in [4.69, 9.17) is 55.5 Å². The van der Waals surface area contributed by atoms with Gasteiger partial charge in [-0.3, -0.25) is 0 Å². The fourth-order valence-electron chi connectivity index (χ4n) is 1.48. The minimum absolute atomic E-state index is 0.155. The molecular formula is C13H9Cl4O3P. The molecule has 0 saturated heterocycles. The Morgan fingerprint density at radius 2 is 1.19 bits per heavy atom. The molecule has 0 aromatic heterocycles. The van der Waals surface area contributed by atoms with Crippen molar-refractivity contribution in [2.45, 2.75) is 0 Å². The second-order valence-electron chi connectivity index (χ2n) is 4.06. The summed E-state index contributed by atoms with van der Waals surface area (Å²) in [5.41, 5.74) is 0. The smallest absolute Gasteiger partial charge is 0.415 e. The molecule has 0 saturated carbocycles. The van der Waals surface area contributed by atoms with Gasteiger partial charge in [0.2, 0.25) is 0 Å². The summed E-state index contributed by atoms with van der Waals surface area (Å²) in [4.78, 5) is 0. The minimum atomic E-state index is -3.52. The molecule has 0 aliphatic heterocycles. The van der Waals surface area contributed by atoms with Crippen LogP contribution < -0.4 is 9.05 Å². The molecule has 2 aromatic rings. The van der Waals surface area contributed by atoms with E-state index in [1.807, 2.05) is 0 Å². The largest absolute Gasteiger partial charge is 0.427 e. The molecule has 0 fully saturated rings. The highest BCUT2D eigenvalue weighted by molar-refractivity contribution is 7.53. The Kier molecular flexibility index (Phi) is 5.34. The summed E-state index contributed by atoms with van der Waals surface area (Å²) >= 11 is 23.7. The molecule has 0 atom stereocenters. The Balaban J connectivity index is 2.25. The molecule has 0 radical (unpaired) electrons. The van der Waals surface area contributed by atoms with Crippen molar-refractivity contribution < 1.29 is 13.6 Å². The Bertz CT molecular complexity index is 663. The van der Waals surface area contributed by atoms with Gasteiger partial charge in [0.05, 0.1) is 16.7 Å². The van der Waals surface area contributed by atoms with Crippen molar-refractivity contribution in [3.05, 3.63) is 56.5 Å². The Hall–Kier alpha value is -0.570. The molecule has 112 valence electrons. The highest BCUT2D eigenvalue weighted by atomic mass is 35.5. The first-order chi connectivity index (χ1) is 9.80. The molecule has 0 spiro atoms. The predicted octanol–water partition coefficient (Wildman–Crippen LogP) is 6.58. The van der Waals surface area contributed by atoms with E-state index < -0.39 is 7.60 Å². The van der Waals surface area contributed by atoms with Gasteiger partial charge >= 0.3 is 7.60 Å². The summed E-state index contributed by atoms with van der Waals surface area (Å²) < 4.78 is 23.1. The van der Waals surface area contributed by atoms with Crippen LogP contribution in [-0.4, -0.2) is 6.66 Å². The van der Waals surface area contributed by atoms with Crippen molar-refractivity contribution >= 4 is 54.0 Å². The van der Waals surface area contributed by atoms with Gasteiger partial charge in [0, 0.05) is 0 Å². The summed E-state index contributed by atoms with van der Waals surface area (Å²) in [5.74, 6) is 0.321. The standard InChI is InChI=1S/C13H9Cl4O3P/c1-21(18,19-10-6-2-4-8(14)12(10)16)20-11-7-3-5-9(15)13(11)17/h2-7H,1H3. The van der Waals surface area contributed by atoms with Gasteiger partial charge in [0.1, 0.15) is 21.5 Å². The lowest BCUT2D eigenvalue weighted by molar-refractivity contribution is 0.393. The van der Waals surface area contributed by atoms with E-state index in [-0.39, 0.29) is 31.6 Å². The molecule has 0 aliphatic rings. The average Bonchev–Trinajstić information content (AvgIpc) is 2.40. The molecule has 0 unspecified atom stereocenters. The van der Waals surface area contributed by atoms with Gasteiger partial charge in [-0.25, -0.2) is 4.57 Å². The first-order valence-electron chi connectivity index (χ1n) is 5.65. The third-order valence-corrected chi connectivity index (χ3v) is 5.02. The van der Waals surface area contributed by atoms with Crippen LogP contribution >= 0.6 is 54.0 Å². The van der Waals surface area contributed by atoms with E-state index in [0.717, 1.165) is 0 Å². The molecule has 21 heavy (non-hydrogen) atoms. The van der Waals surface area contributed by atoms with Crippen LogP contribution in [0.1, 0.15) is 0 Å². The third kappa shape index (κ3) is 4.21. The summed E-state index contributed by atoms with van der Waals surface area (Å²) in [6.07, 6.45) is 0. The second-order valence-corrected chi connectivity index (χ2v) is 7.54. The lowest BCUT2D eigenvalue weighted by Crippen LogP contribution is -2.00. The normalized spacial score (nSPS) is 11.3. The molecular weight excluding hydrogens is 377 g/mol. The van der Waals surface area contributed by atoms with Crippen molar-refractivity contribution in [2.24, 2.45) is 0 Å². The first kappa shape index (κ1) is 16.8. The van der Waals surface area contributed by atoms with Crippen molar-refractivity contribution in [2.75, 3.05) is 6.66 Å². The van der Waals surface area contributed by atoms with Crippen molar-refractivity contribution in [1.82, 2.24) is 0 Å². The van der Waals surface area contributed by atoms with E-state index in [1.54, 1.807) is 24.3 Å². The van der Waals surface area contributed by atoms with Crippen LogP contribution in [0.25, 0.3) is 0 Å². The maximum atomic E-state index is 12.4. The van der Waals surface area contributed by atoms with Crippen molar-refractivity contribution in [1.29, 1.82) is 0 Å². The number of halogens is 4. The second kappa shape index (κ2) is 6.68. The molecule has 0 N–H and O–H groups in total. The maximum Gasteiger partial charge on any atom is 0.427 e. The molecule has 0 heterocycles. The SMILES string of the molecule is CP(=O)(Oc1cccc(Cl)c1Cl)Oc1cccc(Cl)c1Cl. The Morgan fingerprint density at radius 3 is 1.57 bits per heavy atom. The number of benzene rings is 2. The zero-order chi connectivity index (χ0) is 15.6. The summed E-state index contributed by atoms with van der Waals surface area (Å²) in [6, 6.07) is 9.49. The first-order valence-corrected chi connectivity index (χ1v) is 9.15. The van der Waals surface area contributed by atoms with Gasteiger partial charge in [-0.2, -0.15) is 0 Å². The van der Waals surface area contributed by atoms with Gasteiger partial charge < -0.3 is 9.05 Å². The monoisotopic (exact) mass is 384 g/mol. The van der Waals surface area contributed by atoms with Gasteiger partial charge in [-0.1, -0.05) is 58.5 Å². The maximum absolute atomic E-state index is 12.4. The molecule has 2 aromatic carbocycles. The Morgan fingerprint density at radius 1 is 0.810 bits per heavy atom. The van der Waals surface area contributed by atoms with Crippen LogP contribution in [0.4, 0.5) is 0 Å². The van der Waals surface area contributed by atoms with Gasteiger partial charge in [0.15, 0.2) is 0 Å². The lowest BCUT2D eigenvalue weighted by atomic mass is 10.3. The lowest BCUT2D eigenvalue weighted by Gasteiger charge is -2.18. The van der Waals surface area contributed by atoms with Crippen LogP contribution in [-0.2, 0) is 4.57 Å². The van der Waals surface area contributed by atoms with Gasteiger partial charge in [-0.05, 0) is 24.3 Å². The Labute approximate surface area is 142 Å². The van der Waals surface area contributed by atoms with Crippen LogP contribution in [0.5, 0.6) is 11.5 Å². The van der Waals surface area contributed by atoms with Crippen molar-refractivity contribution in [3.63, 3.8) is 0 Å². The van der Waals surface area contributed by atoms with Crippen LogP contribution in [0.2, 0.25) is 20.1 Å². The number of hydrogen-bond acceptors (Lipinski definition) is 3. The van der Waals surface area contributed by atoms with E-state index in [0.29, 0.717) is 0 Å². The topological polar surface area (TPSA) is 35.5 Å². The fourth-order valence-corrected chi connectivity index (χ4v) is 3.31. The van der Waals surface area contributed by atoms with Gasteiger partial charge in [0.25, 0.3) is 0 Å². The molecule has 8 heteroatoms. The van der Waals surface area contributed by atoms with Crippen LogP contribution in [0.3, 0.4) is 0 Å². The molecule has 0 amide bonds. The fraction of sp³-hybridized carbons (Fsp3) is 0.0769. The van der Waals surface area contributed by atoms with Crippen molar-refractivity contribution in [3.8, 4) is 11.5 Å². The van der Waals surface area contributed by atoms with Crippen LogP contribution in [0, 0.1) is 0 Å². The highest BCUT2D eigenvalue weighted by Crippen LogP contribution is 2.49. The van der Waals surface area contributed by atoms with E-state index >= 15 is 0 Å². The highest BCUT2D eigenvalue weighted by Gasteiger charge is 2.24. The van der Waals surface area contributed by atoms with E-state index in [9.17, 15) is 4.57 Å². The predicted molar refractivity (Wildman–Crippen MR) is 87.7 cm³/mol. The summed E-state index contributed by atoms with van der Waals surface area (Å²) in [6.45, 7) is 1.29. The molecule has 2 rings (SSSR count). The zero-order valence-electron chi connectivity index (χ0n) is 10.6. The van der Waals surface area contributed by atoms with E-state index in [2.05, 4.69) is 0 Å². The van der Waals surface area contributed by atoms with E-state index in [1.165, 1.54) is 18.8 Å². The quantitative estimate of drug-likeness (QED) is 0.557. The van der Waals surface area contributed by atoms with Gasteiger partial charge in [-0.15, -0.1) is 0 Å². The number of hydrogen-bond donors (Lipinski definition) is 0. The molecule has 0 aliphatic carbocycles. The summed E-state index contributed by atoms with van der Waals surface area (Å²) in [7, 11) is -3.52. The van der Waals surface area contributed by atoms with Crippen LogP contribution in [0.15, 0.2) is 36.4 Å². The molecule has 0 bridgehead atoms. The average molecular weight is 386 g/mol. The minimum Gasteiger partial charge on any atom is -0.415 e.